The molecule has 0 bridgehead atoms. The molecule has 4 rings (SSSR count). The average Bonchev–Trinajstić information content (AvgIpc) is 3.21. The molecule has 1 aliphatic heterocycles. The number of aromatic nitrogens is 4. The normalized spacial score (nSPS) is 19.3. The van der Waals surface area contributed by atoms with E-state index in [4.69, 9.17) is 0 Å². The summed E-state index contributed by atoms with van der Waals surface area (Å²) < 4.78 is 13.1. The first-order chi connectivity index (χ1) is 14.0. The first kappa shape index (κ1) is 19.0. The molecule has 2 amide bonds. The van der Waals surface area contributed by atoms with Crippen LogP contribution in [0.3, 0.4) is 0 Å². The first-order valence-electron chi connectivity index (χ1n) is 9.49. The largest absolute Gasteiger partial charge is 0.352 e. The second-order valence-electron chi connectivity index (χ2n) is 7.35. The van der Waals surface area contributed by atoms with E-state index in [2.05, 4.69) is 32.2 Å². The van der Waals surface area contributed by atoms with E-state index in [9.17, 15) is 14.0 Å². The lowest BCUT2D eigenvalue weighted by molar-refractivity contribution is 0.0600. The standard InChI is InChI=1S/C20H21FN6O2/c1-12-4-5-27(20(29)16-3-2-15(21)9-22-16)10-14(12)8-24-19(28)13-6-17-18(23-7-13)26-11-25-17/h2-3,6-7,9,11-12,14H,4-5,8,10H2,1H3,(H,24,28)(H,23,25,26). The molecule has 3 aromatic rings. The van der Waals surface area contributed by atoms with Gasteiger partial charge in [-0.25, -0.2) is 19.3 Å². The maximum Gasteiger partial charge on any atom is 0.272 e. The molecular formula is C20H21FN6O2. The fourth-order valence-electron chi connectivity index (χ4n) is 3.54. The summed E-state index contributed by atoms with van der Waals surface area (Å²) in [6.45, 7) is 3.69. The average molecular weight is 396 g/mol. The molecule has 8 nitrogen and oxygen atoms in total. The van der Waals surface area contributed by atoms with Crippen LogP contribution in [0.1, 0.15) is 34.2 Å². The first-order valence-corrected chi connectivity index (χ1v) is 9.49. The van der Waals surface area contributed by atoms with Crippen molar-refractivity contribution in [1.82, 2.24) is 30.2 Å². The third-order valence-corrected chi connectivity index (χ3v) is 5.41. The summed E-state index contributed by atoms with van der Waals surface area (Å²) in [7, 11) is 0. The zero-order chi connectivity index (χ0) is 20.4. The van der Waals surface area contributed by atoms with Crippen molar-refractivity contribution in [1.29, 1.82) is 0 Å². The molecule has 3 aromatic heterocycles. The van der Waals surface area contributed by atoms with Crippen molar-refractivity contribution in [2.75, 3.05) is 19.6 Å². The van der Waals surface area contributed by atoms with Crippen molar-refractivity contribution in [2.24, 2.45) is 11.8 Å². The molecule has 2 atom stereocenters. The minimum absolute atomic E-state index is 0.112. The Kier molecular flexibility index (Phi) is 5.20. The Morgan fingerprint density at radius 3 is 2.93 bits per heavy atom. The van der Waals surface area contributed by atoms with Crippen LogP contribution in [0, 0.1) is 17.7 Å². The van der Waals surface area contributed by atoms with Crippen molar-refractivity contribution in [2.45, 2.75) is 13.3 Å². The molecule has 1 fully saturated rings. The number of nitrogens with zero attached hydrogens (tertiary/aromatic N) is 4. The van der Waals surface area contributed by atoms with Crippen LogP contribution in [0.5, 0.6) is 0 Å². The van der Waals surface area contributed by atoms with Gasteiger partial charge in [0.15, 0.2) is 5.65 Å². The van der Waals surface area contributed by atoms with Crippen molar-refractivity contribution < 1.29 is 14.0 Å². The topological polar surface area (TPSA) is 104 Å². The number of carbonyl (C=O) groups excluding carboxylic acids is 2. The third-order valence-electron chi connectivity index (χ3n) is 5.41. The highest BCUT2D eigenvalue weighted by atomic mass is 19.1. The van der Waals surface area contributed by atoms with Crippen LogP contribution in [0.25, 0.3) is 11.2 Å². The van der Waals surface area contributed by atoms with Gasteiger partial charge in [-0.1, -0.05) is 6.92 Å². The molecule has 1 saturated heterocycles. The number of hydrogen-bond donors (Lipinski definition) is 2. The van der Waals surface area contributed by atoms with Crippen molar-refractivity contribution >= 4 is 23.0 Å². The summed E-state index contributed by atoms with van der Waals surface area (Å²) >= 11 is 0. The summed E-state index contributed by atoms with van der Waals surface area (Å²) in [6, 6.07) is 4.34. The molecular weight excluding hydrogens is 375 g/mol. The number of carbonyl (C=O) groups is 2. The summed E-state index contributed by atoms with van der Waals surface area (Å²) in [6.07, 6.45) is 4.90. The van der Waals surface area contributed by atoms with Gasteiger partial charge in [0.2, 0.25) is 0 Å². The molecule has 0 radical (unpaired) electrons. The highest BCUT2D eigenvalue weighted by molar-refractivity contribution is 5.96. The molecule has 9 heteroatoms. The number of pyridine rings is 2. The summed E-state index contributed by atoms with van der Waals surface area (Å²) in [5.74, 6) is -0.445. The van der Waals surface area contributed by atoms with E-state index < -0.39 is 5.82 Å². The maximum absolute atomic E-state index is 13.1. The van der Waals surface area contributed by atoms with E-state index in [1.54, 1.807) is 11.0 Å². The van der Waals surface area contributed by atoms with Crippen molar-refractivity contribution in [3.63, 3.8) is 0 Å². The van der Waals surface area contributed by atoms with Crippen LogP contribution in [0.2, 0.25) is 0 Å². The summed E-state index contributed by atoms with van der Waals surface area (Å²) in [5, 5.41) is 2.95. The predicted octanol–water partition coefficient (Wildman–Crippen LogP) is 2.02. The van der Waals surface area contributed by atoms with Crippen LogP contribution in [0.4, 0.5) is 4.39 Å². The van der Waals surface area contributed by atoms with Crippen LogP contribution < -0.4 is 5.32 Å². The molecule has 0 aliphatic carbocycles. The van der Waals surface area contributed by atoms with Crippen molar-refractivity contribution in [3.8, 4) is 0 Å². The number of amides is 2. The third kappa shape index (κ3) is 4.08. The minimum atomic E-state index is -0.475. The van der Waals surface area contributed by atoms with Crippen LogP contribution in [0.15, 0.2) is 36.9 Å². The molecule has 0 saturated carbocycles. The van der Waals surface area contributed by atoms with Gasteiger partial charge in [-0.15, -0.1) is 0 Å². The van der Waals surface area contributed by atoms with Gasteiger partial charge in [-0.3, -0.25) is 9.59 Å². The zero-order valence-corrected chi connectivity index (χ0v) is 15.9. The number of rotatable bonds is 4. The SMILES string of the molecule is CC1CCN(C(=O)c2ccc(F)cn2)CC1CNC(=O)c1cnc2nc[nH]c2c1. The highest BCUT2D eigenvalue weighted by Gasteiger charge is 2.30. The number of likely N-dealkylation sites (tertiary alicyclic amines) is 1. The van der Waals surface area contributed by atoms with Gasteiger partial charge in [-0.2, -0.15) is 0 Å². The summed E-state index contributed by atoms with van der Waals surface area (Å²) in [4.78, 5) is 41.9. The van der Waals surface area contributed by atoms with Crippen LogP contribution in [-0.2, 0) is 0 Å². The maximum atomic E-state index is 13.1. The number of piperidine rings is 1. The number of aromatic amines is 1. The van der Waals surface area contributed by atoms with E-state index in [-0.39, 0.29) is 23.4 Å². The lowest BCUT2D eigenvalue weighted by atomic mass is 9.86. The van der Waals surface area contributed by atoms with E-state index in [0.717, 1.165) is 12.6 Å². The minimum Gasteiger partial charge on any atom is -0.352 e. The number of halogens is 1. The van der Waals surface area contributed by atoms with E-state index in [0.29, 0.717) is 42.3 Å². The number of hydrogen-bond acceptors (Lipinski definition) is 5. The Morgan fingerprint density at radius 1 is 1.28 bits per heavy atom. The van der Waals surface area contributed by atoms with Gasteiger partial charge in [0.25, 0.3) is 11.8 Å². The second-order valence-corrected chi connectivity index (χ2v) is 7.35. The quantitative estimate of drug-likeness (QED) is 0.702. The second kappa shape index (κ2) is 7.94. The van der Waals surface area contributed by atoms with Gasteiger partial charge in [0.05, 0.1) is 23.6 Å². The number of imidazole rings is 1. The number of nitrogens with one attached hydrogen (secondary N) is 2. The van der Waals surface area contributed by atoms with Crippen LogP contribution >= 0.6 is 0 Å². The molecule has 4 heterocycles. The van der Waals surface area contributed by atoms with Crippen molar-refractivity contribution in [3.05, 3.63) is 54.0 Å². The smallest absolute Gasteiger partial charge is 0.272 e. The Bertz CT molecular complexity index is 1030. The Balaban J connectivity index is 1.38. The Hall–Kier alpha value is -3.36. The summed E-state index contributed by atoms with van der Waals surface area (Å²) in [5.41, 5.74) is 1.94. The van der Waals surface area contributed by atoms with E-state index in [1.807, 2.05) is 0 Å². The van der Waals surface area contributed by atoms with Crippen LogP contribution in [-0.4, -0.2) is 56.3 Å². The molecule has 29 heavy (non-hydrogen) atoms. The molecule has 2 unspecified atom stereocenters. The number of H-pyrrole nitrogens is 1. The lowest BCUT2D eigenvalue weighted by Gasteiger charge is -2.37. The highest BCUT2D eigenvalue weighted by Crippen LogP contribution is 2.24. The van der Waals surface area contributed by atoms with E-state index >= 15 is 0 Å². The monoisotopic (exact) mass is 396 g/mol. The van der Waals surface area contributed by atoms with Gasteiger partial charge >= 0.3 is 0 Å². The molecule has 150 valence electrons. The zero-order valence-electron chi connectivity index (χ0n) is 15.9. The van der Waals surface area contributed by atoms with Gasteiger partial charge < -0.3 is 15.2 Å². The molecule has 0 aromatic carbocycles. The molecule has 0 spiro atoms. The predicted molar refractivity (Wildman–Crippen MR) is 104 cm³/mol. The molecule has 1 aliphatic rings. The Labute approximate surface area is 166 Å². The molecule has 2 N–H and O–H groups in total. The van der Waals surface area contributed by atoms with E-state index in [1.165, 1.54) is 24.7 Å². The fourth-order valence-corrected chi connectivity index (χ4v) is 3.54. The Morgan fingerprint density at radius 2 is 2.14 bits per heavy atom. The lowest BCUT2D eigenvalue weighted by Crippen LogP contribution is -2.47. The van der Waals surface area contributed by atoms with Gasteiger partial charge in [0, 0.05) is 25.8 Å². The van der Waals surface area contributed by atoms with Gasteiger partial charge in [0.1, 0.15) is 11.5 Å². The van der Waals surface area contributed by atoms with Gasteiger partial charge in [-0.05, 0) is 36.5 Å². The fraction of sp³-hybridized carbons (Fsp3) is 0.350. The number of fused-ring (bicyclic) bond motifs is 1.